The van der Waals surface area contributed by atoms with Crippen LogP contribution in [0.4, 0.5) is 17.3 Å². The van der Waals surface area contributed by atoms with Crippen molar-refractivity contribution in [1.29, 1.82) is 0 Å². The maximum absolute atomic E-state index is 12.2. The lowest BCUT2D eigenvalue weighted by Crippen LogP contribution is -2.60. The fourth-order valence-electron chi connectivity index (χ4n) is 4.01. The third-order valence-corrected chi connectivity index (χ3v) is 4.75. The Balaban J connectivity index is 1.68. The van der Waals surface area contributed by atoms with Gasteiger partial charge in [-0.2, -0.15) is 0 Å². The van der Waals surface area contributed by atoms with E-state index >= 15 is 0 Å². The Kier molecular flexibility index (Phi) is 5.42. The third kappa shape index (κ3) is 4.89. The highest BCUT2D eigenvalue weighted by molar-refractivity contribution is 5.95. The molecule has 0 aliphatic carbocycles. The predicted molar refractivity (Wildman–Crippen MR) is 112 cm³/mol. The number of hydrazine groups is 1. The summed E-state index contributed by atoms with van der Waals surface area (Å²) in [6.07, 6.45) is 3.30. The Morgan fingerprint density at radius 3 is 2.32 bits per heavy atom. The zero-order chi connectivity index (χ0) is 20.4. The molecule has 1 aliphatic heterocycles. The van der Waals surface area contributed by atoms with E-state index in [4.69, 9.17) is 5.73 Å². The van der Waals surface area contributed by atoms with Crippen LogP contribution < -0.4 is 27.2 Å². The maximum Gasteiger partial charge on any atom is 0.269 e. The number of nitrogens with one attached hydrogen (secondary N) is 4. The molecular weight excluding hydrogens is 354 g/mol. The number of nitrogen functional groups attached to an aromatic ring is 1. The quantitative estimate of drug-likeness (QED) is 0.504. The van der Waals surface area contributed by atoms with Crippen LogP contribution in [0.3, 0.4) is 0 Å². The average Bonchev–Trinajstić information content (AvgIpc) is 2.60. The minimum atomic E-state index is -0.269. The smallest absolute Gasteiger partial charge is 0.269 e. The molecule has 150 valence electrons. The first-order valence-corrected chi connectivity index (χ1v) is 9.43. The number of nitrogens with two attached hydrogens (primary N) is 1. The summed E-state index contributed by atoms with van der Waals surface area (Å²) < 4.78 is 0. The van der Waals surface area contributed by atoms with Gasteiger partial charge >= 0.3 is 0 Å². The molecule has 3 rings (SSSR count). The lowest BCUT2D eigenvalue weighted by molar-refractivity contribution is 0.0962. The second kappa shape index (κ2) is 7.63. The van der Waals surface area contributed by atoms with E-state index in [1.165, 1.54) is 6.33 Å². The van der Waals surface area contributed by atoms with Crippen LogP contribution in [0.1, 0.15) is 50.9 Å². The molecule has 0 radical (unpaired) electrons. The first-order chi connectivity index (χ1) is 13.2. The Morgan fingerprint density at radius 2 is 1.68 bits per heavy atom. The second-order valence-electron chi connectivity index (χ2n) is 8.57. The molecular formula is C20H29N7O. The Morgan fingerprint density at radius 1 is 1.07 bits per heavy atom. The molecule has 1 aromatic carbocycles. The van der Waals surface area contributed by atoms with Crippen molar-refractivity contribution in [2.75, 3.05) is 16.5 Å². The number of rotatable bonds is 5. The molecule has 2 aromatic rings. The maximum atomic E-state index is 12.2. The van der Waals surface area contributed by atoms with E-state index in [0.717, 1.165) is 12.8 Å². The van der Waals surface area contributed by atoms with Crippen molar-refractivity contribution in [3.05, 3.63) is 42.2 Å². The number of carbonyl (C=O) groups excluding carboxylic acids is 1. The van der Waals surface area contributed by atoms with Crippen molar-refractivity contribution in [2.24, 2.45) is 0 Å². The third-order valence-electron chi connectivity index (χ3n) is 4.75. The van der Waals surface area contributed by atoms with Gasteiger partial charge in [0.2, 0.25) is 0 Å². The largest absolute Gasteiger partial charge is 0.393 e. The summed E-state index contributed by atoms with van der Waals surface area (Å²) in [5, 5.41) is 7.11. The number of benzene rings is 1. The van der Waals surface area contributed by atoms with Crippen LogP contribution in [0.5, 0.6) is 0 Å². The lowest BCUT2D eigenvalue weighted by atomic mass is 9.79. The molecule has 8 nitrogen and oxygen atoms in total. The Bertz CT molecular complexity index is 820. The molecule has 1 amide bonds. The summed E-state index contributed by atoms with van der Waals surface area (Å²) in [5.74, 6) is 0.647. The van der Waals surface area contributed by atoms with E-state index in [-0.39, 0.29) is 23.0 Å². The predicted octanol–water partition coefficient (Wildman–Crippen LogP) is 2.54. The molecule has 0 bridgehead atoms. The van der Waals surface area contributed by atoms with Gasteiger partial charge in [0, 0.05) is 22.7 Å². The number of anilines is 3. The van der Waals surface area contributed by atoms with Gasteiger partial charge < -0.3 is 16.4 Å². The molecule has 6 N–H and O–H groups in total. The number of aromatic nitrogens is 2. The van der Waals surface area contributed by atoms with Gasteiger partial charge in [-0.3, -0.25) is 15.6 Å². The highest BCUT2D eigenvalue weighted by atomic mass is 16.2. The monoisotopic (exact) mass is 383 g/mol. The van der Waals surface area contributed by atoms with Crippen LogP contribution in [0, 0.1) is 0 Å². The SMILES string of the molecule is CC1(C)CC(Nc2ncnc(NNC(=O)c3ccccc3)c2N)CC(C)(C)N1. The van der Waals surface area contributed by atoms with Crippen molar-refractivity contribution in [3.8, 4) is 0 Å². The summed E-state index contributed by atoms with van der Waals surface area (Å²) in [6.45, 7) is 8.77. The molecule has 1 saturated heterocycles. The van der Waals surface area contributed by atoms with Crippen molar-refractivity contribution in [2.45, 2.75) is 57.7 Å². The topological polar surface area (TPSA) is 117 Å². The minimum Gasteiger partial charge on any atom is -0.393 e. The number of amides is 1. The number of hydrogen-bond donors (Lipinski definition) is 5. The molecule has 1 fully saturated rings. The standard InChI is InChI=1S/C20H29N7O/c1-19(2)10-14(11-20(3,4)27-19)24-16-15(21)17(23-12-22-16)25-26-18(28)13-8-6-5-7-9-13/h5-9,12,14,27H,10-11,21H2,1-4H3,(H,26,28)(H2,22,23,24,25). The second-order valence-corrected chi connectivity index (χ2v) is 8.57. The van der Waals surface area contributed by atoms with E-state index in [9.17, 15) is 4.79 Å². The average molecular weight is 384 g/mol. The van der Waals surface area contributed by atoms with Gasteiger partial charge in [0.15, 0.2) is 11.6 Å². The van der Waals surface area contributed by atoms with E-state index in [1.54, 1.807) is 24.3 Å². The molecule has 0 saturated carbocycles. The first-order valence-electron chi connectivity index (χ1n) is 9.43. The normalized spacial score (nSPS) is 18.3. The van der Waals surface area contributed by atoms with Crippen LogP contribution >= 0.6 is 0 Å². The van der Waals surface area contributed by atoms with E-state index in [0.29, 0.717) is 22.9 Å². The van der Waals surface area contributed by atoms with Gasteiger partial charge in [0.25, 0.3) is 5.91 Å². The number of hydrogen-bond acceptors (Lipinski definition) is 7. The highest BCUT2D eigenvalue weighted by Gasteiger charge is 2.37. The lowest BCUT2D eigenvalue weighted by Gasteiger charge is -2.46. The van der Waals surface area contributed by atoms with E-state index < -0.39 is 0 Å². The number of carbonyl (C=O) groups is 1. The van der Waals surface area contributed by atoms with Crippen molar-refractivity contribution in [1.82, 2.24) is 20.7 Å². The van der Waals surface area contributed by atoms with Crippen LogP contribution in [0.2, 0.25) is 0 Å². The van der Waals surface area contributed by atoms with Gasteiger partial charge in [-0.1, -0.05) is 18.2 Å². The number of piperidine rings is 1. The molecule has 1 aliphatic rings. The van der Waals surface area contributed by atoms with Gasteiger partial charge in [-0.25, -0.2) is 9.97 Å². The van der Waals surface area contributed by atoms with Crippen molar-refractivity contribution in [3.63, 3.8) is 0 Å². The summed E-state index contributed by atoms with van der Waals surface area (Å²) in [6, 6.07) is 9.14. The number of nitrogens with zero attached hydrogens (tertiary/aromatic N) is 2. The van der Waals surface area contributed by atoms with Gasteiger partial charge in [0.05, 0.1) is 0 Å². The van der Waals surface area contributed by atoms with Crippen LogP contribution in [0.15, 0.2) is 36.7 Å². The van der Waals surface area contributed by atoms with Crippen LogP contribution in [-0.2, 0) is 0 Å². The fourth-order valence-corrected chi connectivity index (χ4v) is 4.01. The Hall–Kier alpha value is -2.87. The van der Waals surface area contributed by atoms with E-state index in [2.05, 4.69) is 59.1 Å². The summed E-state index contributed by atoms with van der Waals surface area (Å²) in [4.78, 5) is 20.6. The summed E-state index contributed by atoms with van der Waals surface area (Å²) in [7, 11) is 0. The molecule has 8 heteroatoms. The molecule has 28 heavy (non-hydrogen) atoms. The highest BCUT2D eigenvalue weighted by Crippen LogP contribution is 2.32. The van der Waals surface area contributed by atoms with Crippen molar-refractivity contribution < 1.29 is 4.79 Å². The molecule has 0 unspecified atom stereocenters. The van der Waals surface area contributed by atoms with Crippen LogP contribution in [0.25, 0.3) is 0 Å². The molecule has 0 spiro atoms. The Labute approximate surface area is 165 Å². The zero-order valence-electron chi connectivity index (χ0n) is 16.8. The van der Waals surface area contributed by atoms with Gasteiger partial charge in [0.1, 0.15) is 12.0 Å². The van der Waals surface area contributed by atoms with Crippen LogP contribution in [-0.4, -0.2) is 33.0 Å². The fraction of sp³-hybridized carbons (Fsp3) is 0.450. The summed E-state index contributed by atoms with van der Waals surface area (Å²) in [5.41, 5.74) is 12.6. The molecule has 0 atom stereocenters. The van der Waals surface area contributed by atoms with Crippen molar-refractivity contribution >= 4 is 23.2 Å². The van der Waals surface area contributed by atoms with Gasteiger partial charge in [-0.15, -0.1) is 0 Å². The zero-order valence-corrected chi connectivity index (χ0v) is 16.8. The minimum absolute atomic E-state index is 0.00590. The molecule has 2 heterocycles. The van der Waals surface area contributed by atoms with E-state index in [1.807, 2.05) is 6.07 Å². The summed E-state index contributed by atoms with van der Waals surface area (Å²) >= 11 is 0. The molecule has 1 aromatic heterocycles. The van der Waals surface area contributed by atoms with Gasteiger partial charge in [-0.05, 0) is 52.7 Å². The first kappa shape index (κ1) is 19.9.